The molecule has 0 unspecified atom stereocenters. The molecule has 0 atom stereocenters. The molecule has 0 heterocycles. The molecule has 2 aromatic rings. The molecule has 2 rings (SSSR count). The van der Waals surface area contributed by atoms with Crippen LogP contribution in [-0.4, -0.2) is 11.0 Å². The fourth-order valence-electron chi connectivity index (χ4n) is 1.61. The summed E-state index contributed by atoms with van der Waals surface area (Å²) in [5.74, 6) is -0.755. The Kier molecular flexibility index (Phi) is 5.27. The number of aliphatic hydroxyl groups excluding tert-OH is 1. The van der Waals surface area contributed by atoms with Crippen molar-refractivity contribution >= 4 is 28.9 Å². The zero-order valence-electron chi connectivity index (χ0n) is 11.8. The van der Waals surface area contributed by atoms with Crippen LogP contribution in [0, 0.1) is 0 Å². The molecule has 2 aromatic carbocycles. The normalized spacial score (nSPS) is 12.1. The van der Waals surface area contributed by atoms with Crippen molar-refractivity contribution in [3.05, 3.63) is 71.1 Å². The highest BCUT2D eigenvalue weighted by molar-refractivity contribution is 6.30. The lowest BCUT2D eigenvalue weighted by molar-refractivity contribution is -0.113. The van der Waals surface area contributed by atoms with E-state index in [9.17, 15) is 9.90 Å². The van der Waals surface area contributed by atoms with E-state index >= 15 is 0 Å². The average molecular weight is 316 g/mol. The first-order valence-electron chi connectivity index (χ1n) is 6.50. The zero-order chi connectivity index (χ0) is 15.9. The minimum Gasteiger partial charge on any atom is -0.510 e. The number of carbonyl (C=O) groups excluding carboxylic acids is 1. The van der Waals surface area contributed by atoms with Crippen molar-refractivity contribution in [3.63, 3.8) is 0 Å². The minimum atomic E-state index is -0.538. The van der Waals surface area contributed by atoms with Crippen molar-refractivity contribution in [3.8, 4) is 0 Å². The molecule has 22 heavy (non-hydrogen) atoms. The van der Waals surface area contributed by atoms with Gasteiger partial charge in [0, 0.05) is 10.7 Å². The third-order valence-corrected chi connectivity index (χ3v) is 2.93. The first-order valence-corrected chi connectivity index (χ1v) is 6.87. The van der Waals surface area contributed by atoms with Crippen LogP contribution in [0.1, 0.15) is 6.92 Å². The van der Waals surface area contributed by atoms with E-state index in [1.165, 1.54) is 6.92 Å². The quantitative estimate of drug-likeness (QED) is 0.480. The molecule has 0 radical (unpaired) electrons. The Bertz CT molecular complexity index is 706. The van der Waals surface area contributed by atoms with E-state index in [0.717, 1.165) is 0 Å². The van der Waals surface area contributed by atoms with Crippen LogP contribution in [0.25, 0.3) is 0 Å². The van der Waals surface area contributed by atoms with Crippen LogP contribution in [0.5, 0.6) is 0 Å². The molecule has 0 bridgehead atoms. The number of halogens is 1. The van der Waals surface area contributed by atoms with E-state index in [1.54, 1.807) is 48.5 Å². The lowest BCUT2D eigenvalue weighted by Gasteiger charge is -2.05. The van der Waals surface area contributed by atoms with Crippen LogP contribution in [0.2, 0.25) is 5.02 Å². The van der Waals surface area contributed by atoms with Crippen LogP contribution in [0.4, 0.5) is 11.4 Å². The molecule has 1 amide bonds. The SMILES string of the molecule is CC(O)=C(N=Nc1ccc(Cl)cc1)C(=O)Nc1ccccc1. The molecule has 0 aliphatic rings. The van der Waals surface area contributed by atoms with Crippen LogP contribution >= 0.6 is 11.6 Å². The minimum absolute atomic E-state index is 0.154. The summed E-state index contributed by atoms with van der Waals surface area (Å²) < 4.78 is 0. The Morgan fingerprint density at radius 1 is 1.09 bits per heavy atom. The Hall–Kier alpha value is -2.66. The van der Waals surface area contributed by atoms with Gasteiger partial charge in [0.05, 0.1) is 5.69 Å². The highest BCUT2D eigenvalue weighted by Crippen LogP contribution is 2.19. The maximum Gasteiger partial charge on any atom is 0.279 e. The van der Waals surface area contributed by atoms with Crippen LogP contribution in [0.15, 0.2) is 76.3 Å². The molecule has 0 saturated heterocycles. The van der Waals surface area contributed by atoms with Crippen molar-refractivity contribution in [1.29, 1.82) is 0 Å². The van der Waals surface area contributed by atoms with Crippen LogP contribution < -0.4 is 5.32 Å². The third-order valence-electron chi connectivity index (χ3n) is 2.68. The van der Waals surface area contributed by atoms with Crippen molar-refractivity contribution in [2.24, 2.45) is 10.2 Å². The first-order chi connectivity index (χ1) is 10.6. The van der Waals surface area contributed by atoms with Gasteiger partial charge in [0.2, 0.25) is 0 Å². The van der Waals surface area contributed by atoms with Gasteiger partial charge in [-0.2, -0.15) is 5.11 Å². The van der Waals surface area contributed by atoms with E-state index < -0.39 is 5.91 Å². The number of azo groups is 1. The molecule has 0 aliphatic heterocycles. The third kappa shape index (κ3) is 4.43. The van der Waals surface area contributed by atoms with Gasteiger partial charge in [0.1, 0.15) is 5.76 Å². The maximum atomic E-state index is 12.1. The molecule has 112 valence electrons. The number of hydrogen-bond donors (Lipinski definition) is 2. The van der Waals surface area contributed by atoms with Crippen LogP contribution in [-0.2, 0) is 4.79 Å². The predicted molar refractivity (Wildman–Crippen MR) is 86.4 cm³/mol. The topological polar surface area (TPSA) is 74.0 Å². The maximum absolute atomic E-state index is 12.1. The summed E-state index contributed by atoms with van der Waals surface area (Å²) in [7, 11) is 0. The van der Waals surface area contributed by atoms with Gasteiger partial charge in [-0.25, -0.2) is 0 Å². The number of allylic oxidation sites excluding steroid dienone is 1. The summed E-state index contributed by atoms with van der Waals surface area (Å²) in [6.45, 7) is 1.38. The Labute approximate surface area is 133 Å². The average Bonchev–Trinajstić information content (AvgIpc) is 2.50. The lowest BCUT2D eigenvalue weighted by atomic mass is 10.3. The number of amides is 1. The number of aliphatic hydroxyl groups is 1. The van der Waals surface area contributed by atoms with E-state index in [1.807, 2.05) is 6.07 Å². The molecule has 2 N–H and O–H groups in total. The number of para-hydroxylation sites is 1. The largest absolute Gasteiger partial charge is 0.510 e. The summed E-state index contributed by atoms with van der Waals surface area (Å²) in [6.07, 6.45) is 0. The molecular formula is C16H14ClN3O2. The number of rotatable bonds is 4. The Balaban J connectivity index is 2.15. The Morgan fingerprint density at radius 2 is 1.73 bits per heavy atom. The lowest BCUT2D eigenvalue weighted by Crippen LogP contribution is -2.14. The van der Waals surface area contributed by atoms with Gasteiger partial charge >= 0.3 is 0 Å². The van der Waals surface area contributed by atoms with Gasteiger partial charge in [0.15, 0.2) is 5.70 Å². The fraction of sp³-hybridized carbons (Fsp3) is 0.0625. The van der Waals surface area contributed by atoms with Gasteiger partial charge in [-0.1, -0.05) is 29.8 Å². The highest BCUT2D eigenvalue weighted by atomic mass is 35.5. The summed E-state index contributed by atoms with van der Waals surface area (Å²) in [6, 6.07) is 15.5. The van der Waals surface area contributed by atoms with Gasteiger partial charge < -0.3 is 10.4 Å². The van der Waals surface area contributed by atoms with E-state index in [-0.39, 0.29) is 11.5 Å². The standard InChI is InChI=1S/C16H14ClN3O2/c1-11(21)15(16(22)18-13-5-3-2-4-6-13)20-19-14-9-7-12(17)8-10-14/h2-10,21H,1H3,(H,18,22). The second-order valence-corrected chi connectivity index (χ2v) is 4.87. The predicted octanol–water partition coefficient (Wildman–Crippen LogP) is 4.85. The monoisotopic (exact) mass is 315 g/mol. The van der Waals surface area contributed by atoms with Gasteiger partial charge in [-0.05, 0) is 43.3 Å². The first kappa shape index (κ1) is 15.7. The van der Waals surface area contributed by atoms with Crippen molar-refractivity contribution < 1.29 is 9.90 Å². The molecule has 0 saturated carbocycles. The number of hydrogen-bond acceptors (Lipinski definition) is 4. The van der Waals surface area contributed by atoms with E-state index in [2.05, 4.69) is 15.5 Å². The summed E-state index contributed by atoms with van der Waals surface area (Å²) >= 11 is 5.78. The number of carbonyl (C=O) groups is 1. The van der Waals surface area contributed by atoms with Gasteiger partial charge in [-0.3, -0.25) is 4.79 Å². The number of benzene rings is 2. The molecule has 0 fully saturated rings. The zero-order valence-corrected chi connectivity index (χ0v) is 12.6. The van der Waals surface area contributed by atoms with Gasteiger partial charge in [-0.15, -0.1) is 5.11 Å². The van der Waals surface area contributed by atoms with E-state index in [4.69, 9.17) is 11.6 Å². The smallest absolute Gasteiger partial charge is 0.279 e. The summed E-state index contributed by atoms with van der Waals surface area (Å²) in [4.78, 5) is 12.1. The molecule has 0 aromatic heterocycles. The molecule has 6 heteroatoms. The second kappa shape index (κ2) is 7.38. The van der Waals surface area contributed by atoms with Crippen molar-refractivity contribution in [2.75, 3.05) is 5.32 Å². The molecule has 5 nitrogen and oxygen atoms in total. The van der Waals surface area contributed by atoms with Crippen LogP contribution in [0.3, 0.4) is 0 Å². The molecule has 0 spiro atoms. The Morgan fingerprint density at radius 3 is 2.32 bits per heavy atom. The molecular weight excluding hydrogens is 302 g/mol. The number of nitrogens with zero attached hydrogens (tertiary/aromatic N) is 2. The molecule has 0 aliphatic carbocycles. The summed E-state index contributed by atoms with van der Waals surface area (Å²) in [5, 5.41) is 20.6. The van der Waals surface area contributed by atoms with Crippen molar-refractivity contribution in [1.82, 2.24) is 0 Å². The number of anilines is 1. The summed E-state index contributed by atoms with van der Waals surface area (Å²) in [5.41, 5.74) is 0.974. The number of nitrogens with one attached hydrogen (secondary N) is 1. The second-order valence-electron chi connectivity index (χ2n) is 4.43. The van der Waals surface area contributed by atoms with E-state index in [0.29, 0.717) is 16.4 Å². The highest BCUT2D eigenvalue weighted by Gasteiger charge is 2.13. The van der Waals surface area contributed by atoms with Gasteiger partial charge in [0.25, 0.3) is 5.91 Å². The van der Waals surface area contributed by atoms with Crippen molar-refractivity contribution in [2.45, 2.75) is 6.92 Å². The fourth-order valence-corrected chi connectivity index (χ4v) is 1.74.